The van der Waals surface area contributed by atoms with Gasteiger partial charge in [-0.15, -0.1) is 11.3 Å². The molecule has 0 aliphatic rings. The number of imidazole rings is 1. The van der Waals surface area contributed by atoms with E-state index in [1.165, 1.54) is 15.7 Å². The highest BCUT2D eigenvalue weighted by atomic mass is 32.2. The molecule has 0 aromatic carbocycles. The van der Waals surface area contributed by atoms with Gasteiger partial charge < -0.3 is 10.7 Å². The van der Waals surface area contributed by atoms with E-state index in [4.69, 9.17) is 5.84 Å². The number of hydrogen-bond acceptors (Lipinski definition) is 7. The zero-order valence-corrected chi connectivity index (χ0v) is 13.1. The van der Waals surface area contributed by atoms with Crippen molar-refractivity contribution >= 4 is 38.0 Å². The summed E-state index contributed by atoms with van der Waals surface area (Å²) in [5, 5.41) is 4.17. The molecule has 0 saturated carbocycles. The maximum absolute atomic E-state index is 12.3. The van der Waals surface area contributed by atoms with Crippen molar-refractivity contribution in [2.75, 3.05) is 12.0 Å². The fourth-order valence-corrected chi connectivity index (χ4v) is 3.71. The monoisotopic (exact) mass is 332 g/mol. The summed E-state index contributed by atoms with van der Waals surface area (Å²) in [5.41, 5.74) is 2.25. The molecule has 2 aromatic rings. The van der Waals surface area contributed by atoms with E-state index in [1.807, 2.05) is 0 Å². The first-order valence-corrected chi connectivity index (χ1v) is 8.42. The van der Waals surface area contributed by atoms with Gasteiger partial charge in [0.1, 0.15) is 0 Å². The van der Waals surface area contributed by atoms with Gasteiger partial charge in [-0.3, -0.25) is 9.20 Å². The molecule has 2 rings (SSSR count). The molecular weight excluding hydrogens is 316 g/mol. The van der Waals surface area contributed by atoms with Crippen LogP contribution in [-0.4, -0.2) is 36.3 Å². The predicted octanol–water partition coefficient (Wildman–Crippen LogP) is -0.516. The van der Waals surface area contributed by atoms with Crippen LogP contribution in [0.15, 0.2) is 16.6 Å². The van der Waals surface area contributed by atoms with Gasteiger partial charge in [0.25, 0.3) is 10.0 Å². The Kier molecular flexibility index (Phi) is 4.46. The highest BCUT2D eigenvalue weighted by Gasteiger charge is 2.26. The van der Waals surface area contributed by atoms with Crippen molar-refractivity contribution in [3.05, 3.63) is 11.6 Å². The minimum Gasteiger partial charge on any atom is -0.353 e. The number of rotatable bonds is 6. The number of nitrogen functional groups attached to an aromatic ring is 1. The maximum Gasteiger partial charge on any atom is 0.260 e. The van der Waals surface area contributed by atoms with Gasteiger partial charge in [-0.1, -0.05) is 0 Å². The zero-order valence-electron chi connectivity index (χ0n) is 11.5. The van der Waals surface area contributed by atoms with Crippen LogP contribution in [0.4, 0.5) is 5.82 Å². The van der Waals surface area contributed by atoms with Crippen molar-refractivity contribution < 1.29 is 13.2 Å². The van der Waals surface area contributed by atoms with Crippen LogP contribution in [0.2, 0.25) is 0 Å². The number of amides is 1. The summed E-state index contributed by atoms with van der Waals surface area (Å²) in [4.78, 5) is 16.1. The second kappa shape index (κ2) is 5.97. The molecule has 0 spiro atoms. The molecule has 5 N–H and O–H groups in total. The van der Waals surface area contributed by atoms with Gasteiger partial charge in [-0.05, 0) is 13.8 Å². The van der Waals surface area contributed by atoms with E-state index >= 15 is 0 Å². The zero-order chi connectivity index (χ0) is 15.6. The fourth-order valence-electron chi connectivity index (χ4n) is 1.72. The topological polar surface area (TPSA) is 131 Å². The molecule has 116 valence electrons. The molecular formula is C10H16N6O3S2. The number of hydrogen-bond donors (Lipinski definition) is 4. The van der Waals surface area contributed by atoms with E-state index in [9.17, 15) is 13.2 Å². The van der Waals surface area contributed by atoms with E-state index in [0.29, 0.717) is 4.96 Å². The van der Waals surface area contributed by atoms with Crippen LogP contribution in [0.3, 0.4) is 0 Å². The second-order valence-corrected chi connectivity index (χ2v) is 7.07. The molecule has 0 aliphatic heterocycles. The lowest BCUT2D eigenvalue weighted by molar-refractivity contribution is -0.120. The molecule has 0 saturated heterocycles. The highest BCUT2D eigenvalue weighted by molar-refractivity contribution is 7.89. The first-order chi connectivity index (χ1) is 9.85. The first kappa shape index (κ1) is 15.7. The molecule has 9 nitrogen and oxygen atoms in total. The molecule has 0 unspecified atom stereocenters. The van der Waals surface area contributed by atoms with Gasteiger partial charge in [-0.25, -0.2) is 19.0 Å². The van der Waals surface area contributed by atoms with E-state index in [-0.39, 0.29) is 23.4 Å². The lowest BCUT2D eigenvalue weighted by Crippen LogP contribution is -2.40. The van der Waals surface area contributed by atoms with Crippen LogP contribution in [0, 0.1) is 0 Å². The second-order valence-electron chi connectivity index (χ2n) is 4.51. The summed E-state index contributed by atoms with van der Waals surface area (Å²) in [5.74, 6) is 4.91. The van der Waals surface area contributed by atoms with Crippen LogP contribution >= 0.6 is 11.3 Å². The first-order valence-electron chi connectivity index (χ1n) is 6.06. The van der Waals surface area contributed by atoms with Gasteiger partial charge in [-0.2, -0.15) is 4.98 Å². The summed E-state index contributed by atoms with van der Waals surface area (Å²) >= 11 is 1.27. The quantitative estimate of drug-likeness (QED) is 0.416. The van der Waals surface area contributed by atoms with E-state index in [1.54, 1.807) is 25.4 Å². The number of carbonyl (C=O) groups excluding carboxylic acids is 1. The normalized spacial score (nSPS) is 12.0. The van der Waals surface area contributed by atoms with Gasteiger partial charge >= 0.3 is 0 Å². The van der Waals surface area contributed by atoms with Crippen LogP contribution in [0.1, 0.15) is 13.8 Å². The lowest BCUT2D eigenvalue weighted by Gasteiger charge is -2.10. The standard InChI is InChI=1S/C10H16N6O3S2/c1-6(2)13-7(17)5-12-21(18,19)9-8(15-11)14-10-16(9)3-4-20-10/h3-4,6,12,15H,5,11H2,1-2H3,(H,13,17). The number of nitrogens with one attached hydrogen (secondary N) is 3. The number of thiazole rings is 1. The molecule has 0 atom stereocenters. The summed E-state index contributed by atoms with van der Waals surface area (Å²) < 4.78 is 28.3. The lowest BCUT2D eigenvalue weighted by atomic mass is 10.4. The molecule has 0 fully saturated rings. The van der Waals surface area contributed by atoms with Crippen molar-refractivity contribution in [2.45, 2.75) is 24.9 Å². The van der Waals surface area contributed by atoms with E-state index < -0.39 is 15.9 Å². The fraction of sp³-hybridized carbons (Fsp3) is 0.400. The average Bonchev–Trinajstić information content (AvgIpc) is 2.94. The Hall–Kier alpha value is -1.69. The Morgan fingerprint density at radius 2 is 2.24 bits per heavy atom. The van der Waals surface area contributed by atoms with Crippen LogP contribution < -0.4 is 21.3 Å². The summed E-state index contributed by atoms with van der Waals surface area (Å²) in [7, 11) is -3.93. The molecule has 2 heterocycles. The van der Waals surface area contributed by atoms with Crippen LogP contribution in [0.25, 0.3) is 4.96 Å². The highest BCUT2D eigenvalue weighted by Crippen LogP contribution is 2.24. The Morgan fingerprint density at radius 1 is 1.52 bits per heavy atom. The van der Waals surface area contributed by atoms with Gasteiger partial charge in [0.15, 0.2) is 10.8 Å². The Bertz CT molecular complexity index is 748. The SMILES string of the molecule is CC(C)NC(=O)CNS(=O)(=O)c1c(NN)nc2sccn12. The number of anilines is 1. The van der Waals surface area contributed by atoms with Crippen LogP contribution in [0.5, 0.6) is 0 Å². The smallest absolute Gasteiger partial charge is 0.260 e. The minimum atomic E-state index is -3.93. The molecule has 11 heteroatoms. The average molecular weight is 332 g/mol. The van der Waals surface area contributed by atoms with Crippen molar-refractivity contribution in [1.82, 2.24) is 19.4 Å². The Morgan fingerprint density at radius 3 is 2.86 bits per heavy atom. The predicted molar refractivity (Wildman–Crippen MR) is 79.3 cm³/mol. The number of nitrogens with zero attached hydrogens (tertiary/aromatic N) is 2. The van der Waals surface area contributed by atoms with E-state index in [0.717, 1.165) is 0 Å². The summed E-state index contributed by atoms with van der Waals surface area (Å²) in [6.07, 6.45) is 1.57. The number of nitrogens with two attached hydrogens (primary N) is 1. The van der Waals surface area contributed by atoms with Gasteiger partial charge in [0.05, 0.1) is 6.54 Å². The number of carbonyl (C=O) groups is 1. The third-order valence-electron chi connectivity index (χ3n) is 2.48. The number of aromatic nitrogens is 2. The van der Waals surface area contributed by atoms with Crippen LogP contribution in [-0.2, 0) is 14.8 Å². The van der Waals surface area contributed by atoms with Crippen molar-refractivity contribution in [2.24, 2.45) is 5.84 Å². The largest absolute Gasteiger partial charge is 0.353 e. The minimum absolute atomic E-state index is 0.0265. The molecule has 21 heavy (non-hydrogen) atoms. The molecule has 2 aromatic heterocycles. The number of fused-ring (bicyclic) bond motifs is 1. The number of sulfonamides is 1. The molecule has 0 radical (unpaired) electrons. The third kappa shape index (κ3) is 3.32. The van der Waals surface area contributed by atoms with Crippen molar-refractivity contribution in [3.63, 3.8) is 0 Å². The maximum atomic E-state index is 12.3. The van der Waals surface area contributed by atoms with Gasteiger partial charge in [0.2, 0.25) is 10.9 Å². The Labute approximate surface area is 125 Å². The van der Waals surface area contributed by atoms with E-state index in [2.05, 4.69) is 20.4 Å². The summed E-state index contributed by atoms with van der Waals surface area (Å²) in [6.45, 7) is 3.21. The molecule has 0 bridgehead atoms. The summed E-state index contributed by atoms with van der Waals surface area (Å²) in [6, 6.07) is -0.0678. The number of hydrazine groups is 1. The van der Waals surface area contributed by atoms with Gasteiger partial charge in [0, 0.05) is 17.6 Å². The molecule has 1 amide bonds. The Balaban J connectivity index is 2.25. The third-order valence-corrected chi connectivity index (χ3v) is 4.66. The molecule has 0 aliphatic carbocycles. The van der Waals surface area contributed by atoms with Crippen molar-refractivity contribution in [1.29, 1.82) is 0 Å². The van der Waals surface area contributed by atoms with Crippen molar-refractivity contribution in [3.8, 4) is 0 Å².